The molecule has 0 aliphatic carbocycles. The Morgan fingerprint density at radius 2 is 2.08 bits per heavy atom. The van der Waals surface area contributed by atoms with E-state index in [0.717, 1.165) is 11.3 Å². The maximum absolute atomic E-state index is 12.5. The molecule has 0 radical (unpaired) electrons. The molecule has 2 aromatic heterocycles. The van der Waals surface area contributed by atoms with E-state index in [-0.39, 0.29) is 18.4 Å². The molecule has 128 valence electrons. The maximum Gasteiger partial charge on any atom is 0.264 e. The van der Waals surface area contributed by atoms with Crippen LogP contribution in [-0.2, 0) is 4.79 Å². The highest BCUT2D eigenvalue weighted by molar-refractivity contribution is 7.08. The number of para-hydroxylation sites is 2. The Labute approximate surface area is 149 Å². The molecule has 3 aromatic rings. The van der Waals surface area contributed by atoms with Crippen molar-refractivity contribution in [3.8, 4) is 11.5 Å². The Hall–Kier alpha value is -2.73. The molecule has 1 amide bonds. The van der Waals surface area contributed by atoms with Crippen LogP contribution in [0, 0.1) is 0 Å². The molecule has 0 saturated heterocycles. The topological polar surface area (TPSA) is 60.7 Å². The van der Waals surface area contributed by atoms with Gasteiger partial charge in [0.25, 0.3) is 5.91 Å². The standard InChI is InChI=1S/C19H17NO4S/c21-19(18-11-23-16-4-1-2-5-17(16)24-18)20-10-14(13-7-9-25-12-13)15-6-3-8-22-15/h1-9,12,14,18H,10-11H2,(H,20,21). The van der Waals surface area contributed by atoms with Crippen molar-refractivity contribution in [2.45, 2.75) is 12.0 Å². The fourth-order valence-electron chi connectivity index (χ4n) is 2.81. The van der Waals surface area contributed by atoms with Gasteiger partial charge in [0.15, 0.2) is 11.5 Å². The van der Waals surface area contributed by atoms with Crippen molar-refractivity contribution in [1.82, 2.24) is 5.32 Å². The SMILES string of the molecule is O=C(NCC(c1ccsc1)c1ccco1)C1COc2ccccc2O1. The third kappa shape index (κ3) is 3.39. The number of rotatable bonds is 5. The first-order valence-electron chi connectivity index (χ1n) is 8.03. The van der Waals surface area contributed by atoms with E-state index in [1.54, 1.807) is 23.7 Å². The Morgan fingerprint density at radius 3 is 2.84 bits per heavy atom. The molecule has 1 aliphatic heterocycles. The van der Waals surface area contributed by atoms with E-state index < -0.39 is 6.10 Å². The number of amides is 1. The Balaban J connectivity index is 1.42. The average molecular weight is 355 g/mol. The molecule has 4 rings (SSSR count). The molecule has 0 spiro atoms. The molecule has 2 unspecified atom stereocenters. The summed E-state index contributed by atoms with van der Waals surface area (Å²) in [5.41, 5.74) is 1.12. The van der Waals surface area contributed by atoms with Crippen molar-refractivity contribution in [1.29, 1.82) is 0 Å². The van der Waals surface area contributed by atoms with E-state index in [9.17, 15) is 4.79 Å². The first kappa shape index (κ1) is 15.8. The van der Waals surface area contributed by atoms with Crippen LogP contribution in [0.4, 0.5) is 0 Å². The highest BCUT2D eigenvalue weighted by Gasteiger charge is 2.28. The minimum Gasteiger partial charge on any atom is -0.485 e. The van der Waals surface area contributed by atoms with E-state index in [1.807, 2.05) is 41.8 Å². The lowest BCUT2D eigenvalue weighted by Gasteiger charge is -2.26. The van der Waals surface area contributed by atoms with Crippen molar-refractivity contribution in [2.75, 3.05) is 13.2 Å². The van der Waals surface area contributed by atoms with Gasteiger partial charge in [0, 0.05) is 6.54 Å². The third-order valence-electron chi connectivity index (χ3n) is 4.11. The normalized spacial score (nSPS) is 17.0. The highest BCUT2D eigenvalue weighted by Crippen LogP contribution is 2.31. The molecular formula is C19H17NO4S. The van der Waals surface area contributed by atoms with Crippen LogP contribution in [0.1, 0.15) is 17.2 Å². The quantitative estimate of drug-likeness (QED) is 0.762. The molecule has 3 heterocycles. The van der Waals surface area contributed by atoms with Crippen LogP contribution < -0.4 is 14.8 Å². The first-order valence-corrected chi connectivity index (χ1v) is 8.97. The van der Waals surface area contributed by atoms with Crippen LogP contribution in [0.25, 0.3) is 0 Å². The van der Waals surface area contributed by atoms with Crippen molar-refractivity contribution in [2.24, 2.45) is 0 Å². The molecule has 2 atom stereocenters. The van der Waals surface area contributed by atoms with Gasteiger partial charge in [-0.05, 0) is 46.7 Å². The summed E-state index contributed by atoms with van der Waals surface area (Å²) in [5.74, 6) is 1.86. The number of carbonyl (C=O) groups is 1. The van der Waals surface area contributed by atoms with Gasteiger partial charge < -0.3 is 19.2 Å². The minimum atomic E-state index is -0.658. The molecular weight excluding hydrogens is 338 g/mol. The second-order valence-corrected chi connectivity index (χ2v) is 6.51. The van der Waals surface area contributed by atoms with E-state index >= 15 is 0 Å². The lowest BCUT2D eigenvalue weighted by Crippen LogP contribution is -2.45. The second-order valence-electron chi connectivity index (χ2n) is 5.73. The number of thiophene rings is 1. The molecule has 1 aliphatic rings. The summed E-state index contributed by atoms with van der Waals surface area (Å²) in [6.45, 7) is 0.636. The predicted octanol–water partition coefficient (Wildman–Crippen LogP) is 3.43. The lowest BCUT2D eigenvalue weighted by atomic mass is 9.99. The Kier molecular flexibility index (Phi) is 4.43. The van der Waals surface area contributed by atoms with Crippen LogP contribution >= 0.6 is 11.3 Å². The summed E-state index contributed by atoms with van der Waals surface area (Å²) in [4.78, 5) is 12.5. The van der Waals surface area contributed by atoms with Crippen LogP contribution in [-0.4, -0.2) is 25.2 Å². The van der Waals surface area contributed by atoms with Gasteiger partial charge in [-0.1, -0.05) is 12.1 Å². The number of hydrogen-bond donors (Lipinski definition) is 1. The minimum absolute atomic E-state index is 0.0259. The Morgan fingerprint density at radius 1 is 1.20 bits per heavy atom. The second kappa shape index (κ2) is 7.03. The molecule has 0 bridgehead atoms. The molecule has 0 saturated carbocycles. The van der Waals surface area contributed by atoms with Crippen molar-refractivity contribution in [3.05, 3.63) is 70.8 Å². The van der Waals surface area contributed by atoms with Gasteiger partial charge in [-0.2, -0.15) is 11.3 Å². The van der Waals surface area contributed by atoms with E-state index in [1.165, 1.54) is 0 Å². The fourth-order valence-corrected chi connectivity index (χ4v) is 3.52. The van der Waals surface area contributed by atoms with Crippen molar-refractivity contribution >= 4 is 17.2 Å². The summed E-state index contributed by atoms with van der Waals surface area (Å²) in [7, 11) is 0. The molecule has 5 nitrogen and oxygen atoms in total. The molecule has 1 aromatic carbocycles. The summed E-state index contributed by atoms with van der Waals surface area (Å²) < 4.78 is 16.9. The van der Waals surface area contributed by atoms with Gasteiger partial charge in [0.05, 0.1) is 12.2 Å². The average Bonchev–Trinajstić information content (AvgIpc) is 3.36. The summed E-state index contributed by atoms with van der Waals surface area (Å²) >= 11 is 1.62. The van der Waals surface area contributed by atoms with Gasteiger partial charge >= 0.3 is 0 Å². The number of benzene rings is 1. The third-order valence-corrected chi connectivity index (χ3v) is 4.82. The summed E-state index contributed by atoms with van der Waals surface area (Å²) in [6, 6.07) is 13.2. The molecule has 0 fully saturated rings. The van der Waals surface area contributed by atoms with Gasteiger partial charge in [0.1, 0.15) is 12.4 Å². The largest absolute Gasteiger partial charge is 0.485 e. The zero-order valence-corrected chi connectivity index (χ0v) is 14.2. The zero-order chi connectivity index (χ0) is 17.1. The van der Waals surface area contributed by atoms with Crippen LogP contribution in [0.15, 0.2) is 63.9 Å². The van der Waals surface area contributed by atoms with Gasteiger partial charge in [-0.3, -0.25) is 4.79 Å². The molecule has 6 heteroatoms. The lowest BCUT2D eigenvalue weighted by molar-refractivity contribution is -0.130. The number of fused-ring (bicyclic) bond motifs is 1. The summed E-state index contributed by atoms with van der Waals surface area (Å²) in [6.07, 6.45) is 0.987. The van der Waals surface area contributed by atoms with E-state index in [2.05, 4.69) is 10.7 Å². The van der Waals surface area contributed by atoms with Crippen LogP contribution in [0.3, 0.4) is 0 Å². The molecule has 25 heavy (non-hydrogen) atoms. The zero-order valence-electron chi connectivity index (χ0n) is 13.4. The smallest absolute Gasteiger partial charge is 0.264 e. The number of nitrogens with one attached hydrogen (secondary N) is 1. The van der Waals surface area contributed by atoms with Crippen molar-refractivity contribution in [3.63, 3.8) is 0 Å². The maximum atomic E-state index is 12.5. The van der Waals surface area contributed by atoms with Gasteiger partial charge in [-0.25, -0.2) is 0 Å². The number of ether oxygens (including phenoxy) is 2. The van der Waals surface area contributed by atoms with Crippen molar-refractivity contribution < 1.29 is 18.7 Å². The fraction of sp³-hybridized carbons (Fsp3) is 0.211. The Bertz CT molecular complexity index is 795. The number of furan rings is 1. The molecule has 1 N–H and O–H groups in total. The summed E-state index contributed by atoms with van der Waals surface area (Å²) in [5, 5.41) is 7.04. The monoisotopic (exact) mass is 355 g/mol. The van der Waals surface area contributed by atoms with E-state index in [0.29, 0.717) is 18.0 Å². The highest BCUT2D eigenvalue weighted by atomic mass is 32.1. The van der Waals surface area contributed by atoms with Gasteiger partial charge in [0.2, 0.25) is 6.10 Å². The first-order chi connectivity index (χ1) is 12.3. The number of hydrogen-bond acceptors (Lipinski definition) is 5. The van der Waals surface area contributed by atoms with Crippen LogP contribution in [0.5, 0.6) is 11.5 Å². The predicted molar refractivity (Wildman–Crippen MR) is 94.2 cm³/mol. The van der Waals surface area contributed by atoms with E-state index in [4.69, 9.17) is 13.9 Å². The number of carbonyl (C=O) groups excluding carboxylic acids is 1. The van der Waals surface area contributed by atoms with Crippen LogP contribution in [0.2, 0.25) is 0 Å². The van der Waals surface area contributed by atoms with Gasteiger partial charge in [-0.15, -0.1) is 0 Å².